The number of rotatable bonds is 5. The molecule has 0 radical (unpaired) electrons. The Morgan fingerprint density at radius 3 is 2.47 bits per heavy atom. The third-order valence-corrected chi connectivity index (χ3v) is 2.39. The van der Waals surface area contributed by atoms with E-state index in [4.69, 9.17) is 0 Å². The second-order valence-electron chi connectivity index (χ2n) is 4.19. The smallest absolute Gasteiger partial charge is 0.308 e. The second kappa shape index (κ2) is 6.25. The molecule has 4 heteroatoms. The average Bonchev–Trinajstić information content (AvgIpc) is 2.25. The number of anilines is 1. The lowest BCUT2D eigenvalue weighted by Gasteiger charge is -2.12. The van der Waals surface area contributed by atoms with Crippen molar-refractivity contribution in [1.82, 2.24) is 0 Å². The van der Waals surface area contributed by atoms with E-state index in [0.29, 0.717) is 6.54 Å². The Balaban J connectivity index is 2.47. The topological polar surface area (TPSA) is 58.6 Å². The summed E-state index contributed by atoms with van der Waals surface area (Å²) < 4.78 is 4.48. The Hall–Kier alpha value is -1.55. The van der Waals surface area contributed by atoms with E-state index in [-0.39, 0.29) is 6.42 Å². The molecule has 17 heavy (non-hydrogen) atoms. The first kappa shape index (κ1) is 13.5. The molecule has 1 aromatic rings. The van der Waals surface area contributed by atoms with Crippen LogP contribution < -0.4 is 5.32 Å². The Kier molecular flexibility index (Phi) is 4.97. The Labute approximate surface area is 102 Å². The molecule has 0 aromatic heterocycles. The third kappa shape index (κ3) is 4.87. The number of aliphatic hydroxyl groups excluding tert-OH is 1. The first-order chi connectivity index (χ1) is 8.01. The third-order valence-electron chi connectivity index (χ3n) is 2.39. The number of methoxy groups -OCH3 is 1. The molecule has 0 aliphatic heterocycles. The Morgan fingerprint density at radius 2 is 1.94 bits per heavy atom. The van der Waals surface area contributed by atoms with Crippen LogP contribution in [0.3, 0.4) is 0 Å². The summed E-state index contributed by atoms with van der Waals surface area (Å²) in [7, 11) is 1.31. The molecular weight excluding hydrogens is 218 g/mol. The molecule has 0 bridgehead atoms. The first-order valence-electron chi connectivity index (χ1n) is 5.58. The largest absolute Gasteiger partial charge is 0.469 e. The summed E-state index contributed by atoms with van der Waals surface area (Å²) >= 11 is 0. The van der Waals surface area contributed by atoms with Gasteiger partial charge in [-0.25, -0.2) is 0 Å². The van der Waals surface area contributed by atoms with Crippen LogP contribution in [-0.2, 0) is 9.53 Å². The highest BCUT2D eigenvalue weighted by molar-refractivity contribution is 5.69. The number of ether oxygens (including phenoxy) is 1. The number of carbonyl (C=O) groups is 1. The highest BCUT2D eigenvalue weighted by Crippen LogP contribution is 2.13. The highest BCUT2D eigenvalue weighted by Gasteiger charge is 2.10. The van der Waals surface area contributed by atoms with E-state index in [1.165, 1.54) is 7.11 Å². The molecule has 4 nitrogen and oxygen atoms in total. The second-order valence-corrected chi connectivity index (χ2v) is 4.19. The number of hydrogen-bond donors (Lipinski definition) is 2. The Morgan fingerprint density at radius 1 is 1.35 bits per heavy atom. The fourth-order valence-corrected chi connectivity index (χ4v) is 1.66. The van der Waals surface area contributed by atoms with Crippen LogP contribution in [0, 0.1) is 13.8 Å². The van der Waals surface area contributed by atoms with Gasteiger partial charge >= 0.3 is 5.97 Å². The van der Waals surface area contributed by atoms with Gasteiger partial charge in [-0.3, -0.25) is 4.79 Å². The molecule has 0 aliphatic carbocycles. The van der Waals surface area contributed by atoms with Crippen molar-refractivity contribution in [2.45, 2.75) is 26.4 Å². The van der Waals surface area contributed by atoms with E-state index < -0.39 is 12.1 Å². The molecule has 0 heterocycles. The maximum Gasteiger partial charge on any atom is 0.308 e. The van der Waals surface area contributed by atoms with E-state index in [9.17, 15) is 9.90 Å². The lowest BCUT2D eigenvalue weighted by atomic mass is 10.1. The highest BCUT2D eigenvalue weighted by atomic mass is 16.5. The number of benzene rings is 1. The van der Waals surface area contributed by atoms with E-state index in [1.807, 2.05) is 26.0 Å². The molecule has 94 valence electrons. The number of aliphatic hydroxyl groups is 1. The van der Waals surface area contributed by atoms with Gasteiger partial charge in [-0.2, -0.15) is 0 Å². The normalized spacial score (nSPS) is 12.0. The number of aryl methyl sites for hydroxylation is 2. The molecule has 0 aliphatic rings. The van der Waals surface area contributed by atoms with Crippen molar-refractivity contribution >= 4 is 11.7 Å². The predicted molar refractivity (Wildman–Crippen MR) is 67.0 cm³/mol. The van der Waals surface area contributed by atoms with Crippen LogP contribution in [-0.4, -0.2) is 30.8 Å². The lowest BCUT2D eigenvalue weighted by molar-refractivity contribution is -0.142. The minimum atomic E-state index is -0.733. The van der Waals surface area contributed by atoms with E-state index in [1.54, 1.807) is 0 Å². The zero-order valence-electron chi connectivity index (χ0n) is 10.5. The first-order valence-corrected chi connectivity index (χ1v) is 5.58. The van der Waals surface area contributed by atoms with Gasteiger partial charge in [0.2, 0.25) is 0 Å². The summed E-state index contributed by atoms with van der Waals surface area (Å²) in [6, 6.07) is 6.08. The fourth-order valence-electron chi connectivity index (χ4n) is 1.66. The van der Waals surface area contributed by atoms with Gasteiger partial charge in [0.25, 0.3) is 0 Å². The van der Waals surface area contributed by atoms with E-state index in [2.05, 4.69) is 16.1 Å². The van der Waals surface area contributed by atoms with Crippen molar-refractivity contribution in [2.24, 2.45) is 0 Å². The summed E-state index contributed by atoms with van der Waals surface area (Å²) in [6.07, 6.45) is -0.725. The summed E-state index contributed by atoms with van der Waals surface area (Å²) in [5.41, 5.74) is 3.27. The lowest BCUT2D eigenvalue weighted by Crippen LogP contribution is -2.23. The molecule has 0 amide bonds. The quantitative estimate of drug-likeness (QED) is 0.764. The van der Waals surface area contributed by atoms with Gasteiger partial charge in [0.15, 0.2) is 0 Å². The van der Waals surface area contributed by atoms with Crippen molar-refractivity contribution in [1.29, 1.82) is 0 Å². The van der Waals surface area contributed by atoms with Crippen LogP contribution >= 0.6 is 0 Å². The number of esters is 1. The van der Waals surface area contributed by atoms with Crippen LogP contribution in [0.15, 0.2) is 18.2 Å². The molecule has 1 rings (SSSR count). The maximum atomic E-state index is 10.9. The summed E-state index contributed by atoms with van der Waals surface area (Å²) in [6.45, 7) is 4.37. The molecule has 1 aromatic carbocycles. The van der Waals surface area contributed by atoms with Gasteiger partial charge in [-0.05, 0) is 37.1 Å². The SMILES string of the molecule is COC(=O)CC(O)CNc1cc(C)cc(C)c1. The van der Waals surface area contributed by atoms with Gasteiger partial charge in [0.1, 0.15) is 0 Å². The van der Waals surface area contributed by atoms with Crippen LogP contribution in [0.5, 0.6) is 0 Å². The van der Waals surface area contributed by atoms with Gasteiger partial charge < -0.3 is 15.2 Å². The van der Waals surface area contributed by atoms with Gasteiger partial charge in [0, 0.05) is 12.2 Å². The fraction of sp³-hybridized carbons (Fsp3) is 0.462. The average molecular weight is 237 g/mol. The van der Waals surface area contributed by atoms with E-state index >= 15 is 0 Å². The van der Waals surface area contributed by atoms with Gasteiger partial charge in [-0.1, -0.05) is 6.07 Å². The zero-order valence-corrected chi connectivity index (χ0v) is 10.5. The Bertz CT molecular complexity index is 370. The molecule has 0 spiro atoms. The maximum absolute atomic E-state index is 10.9. The van der Waals surface area contributed by atoms with Crippen LogP contribution in [0.1, 0.15) is 17.5 Å². The minimum Gasteiger partial charge on any atom is -0.469 e. The van der Waals surface area contributed by atoms with Crippen molar-refractivity contribution < 1.29 is 14.6 Å². The van der Waals surface area contributed by atoms with Crippen LogP contribution in [0.25, 0.3) is 0 Å². The number of carbonyl (C=O) groups excluding carboxylic acids is 1. The predicted octanol–water partition coefficient (Wildman–Crippen LogP) is 1.64. The molecular formula is C13H19NO3. The van der Waals surface area contributed by atoms with Crippen molar-refractivity contribution in [3.8, 4) is 0 Å². The van der Waals surface area contributed by atoms with E-state index in [0.717, 1.165) is 16.8 Å². The van der Waals surface area contributed by atoms with Crippen molar-refractivity contribution in [3.63, 3.8) is 0 Å². The number of hydrogen-bond acceptors (Lipinski definition) is 4. The summed E-state index contributed by atoms with van der Waals surface area (Å²) in [5.74, 6) is -0.403. The molecule has 1 atom stereocenters. The van der Waals surface area contributed by atoms with Crippen molar-refractivity contribution in [3.05, 3.63) is 29.3 Å². The van der Waals surface area contributed by atoms with Crippen LogP contribution in [0.4, 0.5) is 5.69 Å². The van der Waals surface area contributed by atoms with Crippen molar-refractivity contribution in [2.75, 3.05) is 19.0 Å². The molecule has 0 saturated heterocycles. The standard InChI is InChI=1S/C13H19NO3/c1-9-4-10(2)6-11(5-9)14-8-12(15)7-13(16)17-3/h4-6,12,14-15H,7-8H2,1-3H3. The molecule has 1 unspecified atom stereocenters. The molecule has 0 fully saturated rings. The monoisotopic (exact) mass is 237 g/mol. The van der Waals surface area contributed by atoms with Crippen LogP contribution in [0.2, 0.25) is 0 Å². The summed E-state index contributed by atoms with van der Waals surface area (Å²) in [4.78, 5) is 10.9. The van der Waals surface area contributed by atoms with Gasteiger partial charge in [0.05, 0.1) is 19.6 Å². The minimum absolute atomic E-state index is 0.00823. The summed E-state index contributed by atoms with van der Waals surface area (Å²) in [5, 5.41) is 12.7. The molecule has 2 N–H and O–H groups in total. The molecule has 0 saturated carbocycles. The van der Waals surface area contributed by atoms with Gasteiger partial charge in [-0.15, -0.1) is 0 Å². The number of nitrogens with one attached hydrogen (secondary N) is 1. The zero-order chi connectivity index (χ0) is 12.8.